The molecular weight excluding hydrogens is 1150 g/mol. The van der Waals surface area contributed by atoms with E-state index >= 15 is 0 Å². The Bertz CT molecular complexity index is 3410. The SMILES string of the molecule is FC(F)C(F)(F)COc1cc2c(cc1Cl)-c1nc-2nc2[nH]c(nc3nc(nc4[nH]c(n1)c1cc(OCC(F)(F)C(F)F)c(Cl)cc41)-c1cc(OCC(F)(F)C(F)F)c(Cl)cc1-3)c1cc(OCC(F)(F)C(F)F)c(Cl)cc21. The van der Waals surface area contributed by atoms with Crippen LogP contribution in [0.15, 0.2) is 48.5 Å². The second-order valence-corrected chi connectivity index (χ2v) is 18.0. The number of fused-ring (bicyclic) bond motifs is 20. The van der Waals surface area contributed by atoms with Gasteiger partial charge in [0.1, 0.15) is 45.6 Å². The van der Waals surface area contributed by atoms with Gasteiger partial charge in [0.15, 0.2) is 49.7 Å². The first kappa shape index (κ1) is 54.3. The normalized spacial score (nSPS) is 13.2. The molecule has 0 amide bonds. The molecule has 2 aliphatic rings. The number of aromatic amines is 2. The van der Waals surface area contributed by atoms with Crippen LogP contribution in [0.5, 0.6) is 23.0 Å². The summed E-state index contributed by atoms with van der Waals surface area (Å²) in [6, 6.07) is 8.12. The second-order valence-electron chi connectivity index (χ2n) is 16.3. The Balaban J connectivity index is 1.37. The average molecular weight is 1170 g/mol. The first-order valence-corrected chi connectivity index (χ1v) is 22.4. The summed E-state index contributed by atoms with van der Waals surface area (Å²) >= 11 is 25.7. The van der Waals surface area contributed by atoms with Crippen LogP contribution in [0, 0.1) is 0 Å². The standard InChI is InChI=1S/C44H22Cl4F16N8O4/c45-21-1-13-17(5-25(21)73-9-41(57,58)37(49)50)33-65-29(13)69-34-18-6-26(74-10-42(59,60)38(51)52)22(46)2-14(18)31(66-34)71-36-20-8-28(76-12-44(63,64)40(55)56)24(48)4-16(20)32(68-36)72-35-19-7-27(75-11-43(61,62)39(53)54)23(47)3-15(19)30(67-35)70-33/h1-8,37-40H,9-12H2,(H2,65,66,67,68,69,70,71,72). The van der Waals surface area contributed by atoms with Crippen molar-refractivity contribution in [2.24, 2.45) is 0 Å². The zero-order chi connectivity index (χ0) is 55.1. The molecule has 9 rings (SSSR count). The third-order valence-corrected chi connectivity index (χ3v) is 12.2. The quantitative estimate of drug-likeness (QED) is 0.0897. The molecule has 3 aromatic heterocycles. The Labute approximate surface area is 431 Å². The number of hydrogen-bond donors (Lipinski definition) is 2. The summed E-state index contributed by atoms with van der Waals surface area (Å²) < 4.78 is 238. The van der Waals surface area contributed by atoms with Crippen LogP contribution in [0.2, 0.25) is 20.1 Å². The summed E-state index contributed by atoms with van der Waals surface area (Å²) in [6.45, 7) is -7.54. The van der Waals surface area contributed by atoms with Gasteiger partial charge in [0.25, 0.3) is 0 Å². The van der Waals surface area contributed by atoms with Gasteiger partial charge in [-0.3, -0.25) is 0 Å². The predicted octanol–water partition coefficient (Wildman–Crippen LogP) is 14.6. The number of halogens is 20. The van der Waals surface area contributed by atoms with Gasteiger partial charge in [-0.15, -0.1) is 0 Å². The third kappa shape index (κ3) is 10.4. The Morgan fingerprint density at radius 1 is 0.342 bits per heavy atom. The summed E-state index contributed by atoms with van der Waals surface area (Å²) in [7, 11) is 0. The third-order valence-electron chi connectivity index (χ3n) is 11.0. The van der Waals surface area contributed by atoms with Crippen molar-refractivity contribution in [3.63, 3.8) is 0 Å². The van der Waals surface area contributed by atoms with E-state index in [1.54, 1.807) is 0 Å². The summed E-state index contributed by atoms with van der Waals surface area (Å²) in [4.78, 5) is 32.8. The van der Waals surface area contributed by atoms with Gasteiger partial charge in [-0.1, -0.05) is 46.4 Å². The van der Waals surface area contributed by atoms with E-state index in [9.17, 15) is 70.2 Å². The number of rotatable bonds is 16. The summed E-state index contributed by atoms with van der Waals surface area (Å²) in [5.41, 5.74) is -1.78. The van der Waals surface area contributed by atoms with Crippen molar-refractivity contribution in [3.8, 4) is 68.5 Å². The number of hydrogen-bond acceptors (Lipinski definition) is 10. The molecule has 8 bridgehead atoms. The van der Waals surface area contributed by atoms with Gasteiger partial charge >= 0.3 is 49.4 Å². The fourth-order valence-corrected chi connectivity index (χ4v) is 8.05. The molecular formula is C44H22Cl4F16N8O4. The molecule has 0 atom stereocenters. The Morgan fingerprint density at radius 2 is 0.566 bits per heavy atom. The fourth-order valence-electron chi connectivity index (χ4n) is 7.18. The molecule has 76 heavy (non-hydrogen) atoms. The van der Waals surface area contributed by atoms with Crippen molar-refractivity contribution in [2.45, 2.75) is 49.4 Å². The van der Waals surface area contributed by atoms with Crippen molar-refractivity contribution in [2.75, 3.05) is 26.4 Å². The highest BCUT2D eigenvalue weighted by Gasteiger charge is 2.45. The molecule has 0 unspecified atom stereocenters. The van der Waals surface area contributed by atoms with Crippen LogP contribution in [-0.2, 0) is 0 Å². The molecule has 5 heterocycles. The fraction of sp³-hybridized carbons (Fsp3) is 0.273. The monoisotopic (exact) mass is 1170 g/mol. The highest BCUT2D eigenvalue weighted by Crippen LogP contribution is 2.45. The lowest BCUT2D eigenvalue weighted by Crippen LogP contribution is -2.33. The lowest BCUT2D eigenvalue weighted by Gasteiger charge is -2.17. The minimum atomic E-state index is -4.68. The summed E-state index contributed by atoms with van der Waals surface area (Å²) in [5.74, 6) is -22.8. The van der Waals surface area contributed by atoms with E-state index in [4.69, 9.17) is 65.4 Å². The van der Waals surface area contributed by atoms with E-state index < -0.39 is 131 Å². The molecule has 2 N–H and O–H groups in total. The molecule has 402 valence electrons. The van der Waals surface area contributed by atoms with Crippen molar-refractivity contribution in [1.82, 2.24) is 39.9 Å². The van der Waals surface area contributed by atoms with Gasteiger partial charge < -0.3 is 28.9 Å². The van der Waals surface area contributed by atoms with Crippen molar-refractivity contribution < 1.29 is 89.2 Å². The molecule has 0 radical (unpaired) electrons. The summed E-state index contributed by atoms with van der Waals surface area (Å²) in [5, 5.41) is -2.35. The lowest BCUT2D eigenvalue weighted by atomic mass is 10.1. The van der Waals surface area contributed by atoms with Crippen LogP contribution in [-0.4, -0.2) is 116 Å². The number of alkyl halides is 16. The van der Waals surface area contributed by atoms with Crippen molar-refractivity contribution in [1.29, 1.82) is 0 Å². The molecule has 4 aromatic carbocycles. The van der Waals surface area contributed by atoms with Gasteiger partial charge in [-0.25, -0.2) is 65.0 Å². The van der Waals surface area contributed by atoms with E-state index in [1.807, 2.05) is 0 Å². The molecule has 12 nitrogen and oxygen atoms in total. The first-order chi connectivity index (χ1) is 35.5. The maximum atomic E-state index is 14.1. The zero-order valence-electron chi connectivity index (χ0n) is 36.6. The molecule has 0 saturated carbocycles. The molecule has 0 saturated heterocycles. The molecule has 32 heteroatoms. The summed E-state index contributed by atoms with van der Waals surface area (Å²) in [6.07, 6.45) is -16.7. The van der Waals surface area contributed by atoms with Gasteiger partial charge in [0.2, 0.25) is 0 Å². The smallest absolute Gasteiger partial charge is 0.340 e. The highest BCUT2D eigenvalue weighted by molar-refractivity contribution is 6.34. The van der Waals surface area contributed by atoms with Crippen LogP contribution in [0.3, 0.4) is 0 Å². The minimum absolute atomic E-state index is 0.0754. The highest BCUT2D eigenvalue weighted by atomic mass is 35.5. The van der Waals surface area contributed by atoms with E-state index in [0.29, 0.717) is 0 Å². The Morgan fingerprint density at radius 3 is 0.829 bits per heavy atom. The van der Waals surface area contributed by atoms with Crippen LogP contribution in [0.1, 0.15) is 0 Å². The van der Waals surface area contributed by atoms with E-state index in [1.165, 1.54) is 0 Å². The topological polar surface area (TPSA) is 146 Å². The largest absolute Gasteiger partial charge is 0.485 e. The lowest BCUT2D eigenvalue weighted by molar-refractivity contribution is -0.148. The predicted molar refractivity (Wildman–Crippen MR) is 242 cm³/mol. The molecule has 0 spiro atoms. The van der Waals surface area contributed by atoms with Gasteiger partial charge in [-0.2, -0.15) is 35.1 Å². The average Bonchev–Trinajstić information content (AvgIpc) is 4.07. The van der Waals surface area contributed by atoms with Gasteiger partial charge in [-0.05, 0) is 48.5 Å². The van der Waals surface area contributed by atoms with Crippen LogP contribution < -0.4 is 18.9 Å². The molecule has 7 aromatic rings. The number of ether oxygens (including phenoxy) is 4. The zero-order valence-corrected chi connectivity index (χ0v) is 39.7. The first-order valence-electron chi connectivity index (χ1n) is 20.9. The van der Waals surface area contributed by atoms with Crippen LogP contribution >= 0.6 is 46.4 Å². The maximum Gasteiger partial charge on any atom is 0.340 e. The number of nitrogens with zero attached hydrogens (tertiary/aromatic N) is 6. The van der Waals surface area contributed by atoms with E-state index in [0.717, 1.165) is 48.5 Å². The molecule has 0 aliphatic carbocycles. The van der Waals surface area contributed by atoms with Crippen molar-refractivity contribution in [3.05, 3.63) is 68.6 Å². The van der Waals surface area contributed by atoms with Gasteiger partial charge in [0.05, 0.1) is 20.1 Å². The Kier molecular flexibility index (Phi) is 14.1. The number of nitrogens with one attached hydrogen (secondary N) is 2. The van der Waals surface area contributed by atoms with E-state index in [2.05, 4.69) is 39.9 Å². The van der Waals surface area contributed by atoms with Crippen LogP contribution in [0.4, 0.5) is 70.2 Å². The Hall–Kier alpha value is -6.52. The number of aromatic nitrogens is 8. The minimum Gasteiger partial charge on any atom is -0.485 e. The molecule has 2 aliphatic heterocycles. The van der Waals surface area contributed by atoms with E-state index in [-0.39, 0.29) is 78.0 Å². The van der Waals surface area contributed by atoms with Crippen molar-refractivity contribution >= 4 is 90.5 Å². The second kappa shape index (κ2) is 19.8. The molecule has 0 fully saturated rings. The maximum absolute atomic E-state index is 14.1. The number of benzene rings is 4. The van der Waals surface area contributed by atoms with Crippen LogP contribution in [0.25, 0.3) is 89.7 Å². The van der Waals surface area contributed by atoms with Gasteiger partial charge in [0, 0.05) is 43.8 Å². The number of H-pyrrole nitrogens is 2.